The lowest BCUT2D eigenvalue weighted by atomic mass is 9.94. The van der Waals surface area contributed by atoms with Crippen LogP contribution in [0.15, 0.2) is 12.1 Å². The van der Waals surface area contributed by atoms with Crippen LogP contribution in [0.1, 0.15) is 43.0 Å². The van der Waals surface area contributed by atoms with Crippen molar-refractivity contribution < 1.29 is 4.74 Å². The summed E-state index contributed by atoms with van der Waals surface area (Å²) in [6.07, 6.45) is 1.02. The minimum atomic E-state index is -0.0769. The molecule has 108 valence electrons. The molecule has 0 aliphatic carbocycles. The molecule has 0 amide bonds. The molecule has 0 aromatic heterocycles. The Bertz CT molecular complexity index is 395. The first-order chi connectivity index (χ1) is 8.73. The third-order valence-corrected chi connectivity index (χ3v) is 3.42. The molecule has 0 aliphatic rings. The molecule has 0 saturated carbocycles. The van der Waals surface area contributed by atoms with Crippen LogP contribution in [0.5, 0.6) is 0 Å². The molecule has 1 atom stereocenters. The van der Waals surface area contributed by atoms with Crippen LogP contribution in [0.3, 0.4) is 0 Å². The number of aryl methyl sites for hydroxylation is 3. The molecular formula is C17H29NO. The van der Waals surface area contributed by atoms with E-state index in [4.69, 9.17) is 4.74 Å². The summed E-state index contributed by atoms with van der Waals surface area (Å²) in [6, 6.07) is 4.89. The van der Waals surface area contributed by atoms with Gasteiger partial charge in [0, 0.05) is 6.04 Å². The van der Waals surface area contributed by atoms with E-state index in [0.29, 0.717) is 6.04 Å². The first-order valence-electron chi connectivity index (χ1n) is 7.11. The highest BCUT2D eigenvalue weighted by Crippen LogP contribution is 2.19. The average Bonchev–Trinajstić information content (AvgIpc) is 2.25. The minimum absolute atomic E-state index is 0.0769. The molecule has 0 fully saturated rings. The maximum atomic E-state index is 5.90. The average molecular weight is 263 g/mol. The molecule has 0 spiro atoms. The second-order valence-electron chi connectivity index (χ2n) is 6.49. The number of nitrogens with one attached hydrogen (secondary N) is 1. The Kier molecular flexibility index (Phi) is 5.57. The van der Waals surface area contributed by atoms with Crippen LogP contribution in [0.4, 0.5) is 0 Å². The lowest BCUT2D eigenvalue weighted by Crippen LogP contribution is -2.36. The van der Waals surface area contributed by atoms with Crippen LogP contribution in [0.2, 0.25) is 0 Å². The fourth-order valence-electron chi connectivity index (χ4n) is 2.37. The van der Waals surface area contributed by atoms with Crippen LogP contribution in [-0.2, 0) is 11.2 Å². The van der Waals surface area contributed by atoms with E-state index in [2.05, 4.69) is 59.0 Å². The first-order valence-corrected chi connectivity index (χ1v) is 7.11. The van der Waals surface area contributed by atoms with Crippen LogP contribution in [-0.4, -0.2) is 25.3 Å². The first kappa shape index (κ1) is 16.2. The van der Waals surface area contributed by atoms with E-state index in [0.717, 1.165) is 13.0 Å². The fourth-order valence-corrected chi connectivity index (χ4v) is 2.37. The van der Waals surface area contributed by atoms with Gasteiger partial charge in [-0.3, -0.25) is 0 Å². The fraction of sp³-hybridized carbons (Fsp3) is 0.647. The number of hydrogen-bond acceptors (Lipinski definition) is 2. The highest BCUT2D eigenvalue weighted by Gasteiger charge is 2.16. The standard InChI is InChI=1S/C17H29NO/c1-12-8-13(2)16(14(3)9-12)10-15(18-7)11-19-17(4,5)6/h8-9,15,18H,10-11H2,1-7H3. The van der Waals surface area contributed by atoms with Crippen molar-refractivity contribution in [3.05, 3.63) is 34.4 Å². The molecule has 0 bridgehead atoms. The zero-order valence-corrected chi connectivity index (χ0v) is 13.6. The summed E-state index contributed by atoms with van der Waals surface area (Å²) < 4.78 is 5.90. The largest absolute Gasteiger partial charge is 0.374 e. The van der Waals surface area contributed by atoms with Gasteiger partial charge in [0.05, 0.1) is 12.2 Å². The molecule has 1 aromatic carbocycles. The van der Waals surface area contributed by atoms with Gasteiger partial charge in [-0.2, -0.15) is 0 Å². The summed E-state index contributed by atoms with van der Waals surface area (Å²) in [5.41, 5.74) is 5.47. The van der Waals surface area contributed by atoms with E-state index >= 15 is 0 Å². The van der Waals surface area contributed by atoms with Gasteiger partial charge in [-0.15, -0.1) is 0 Å². The summed E-state index contributed by atoms with van der Waals surface area (Å²) in [4.78, 5) is 0. The quantitative estimate of drug-likeness (QED) is 0.877. The molecule has 1 rings (SSSR count). The number of hydrogen-bond donors (Lipinski definition) is 1. The van der Waals surface area contributed by atoms with Gasteiger partial charge in [-0.05, 0) is 71.7 Å². The molecular weight excluding hydrogens is 234 g/mol. The second-order valence-corrected chi connectivity index (χ2v) is 6.49. The summed E-state index contributed by atoms with van der Waals surface area (Å²) in [7, 11) is 2.01. The van der Waals surface area contributed by atoms with E-state index in [1.165, 1.54) is 22.3 Å². The smallest absolute Gasteiger partial charge is 0.0629 e. The van der Waals surface area contributed by atoms with E-state index in [-0.39, 0.29) is 5.60 Å². The zero-order chi connectivity index (χ0) is 14.6. The number of likely N-dealkylation sites (N-methyl/N-ethyl adjacent to an activating group) is 1. The van der Waals surface area contributed by atoms with Crippen LogP contribution in [0, 0.1) is 20.8 Å². The van der Waals surface area contributed by atoms with E-state index < -0.39 is 0 Å². The van der Waals surface area contributed by atoms with E-state index in [9.17, 15) is 0 Å². The third-order valence-electron chi connectivity index (χ3n) is 3.42. The van der Waals surface area contributed by atoms with Crippen molar-refractivity contribution in [1.29, 1.82) is 0 Å². The molecule has 0 heterocycles. The van der Waals surface area contributed by atoms with Gasteiger partial charge in [0.15, 0.2) is 0 Å². The number of rotatable bonds is 5. The topological polar surface area (TPSA) is 21.3 Å². The van der Waals surface area contributed by atoms with Gasteiger partial charge < -0.3 is 10.1 Å². The maximum absolute atomic E-state index is 5.90. The zero-order valence-electron chi connectivity index (χ0n) is 13.6. The van der Waals surface area contributed by atoms with Gasteiger partial charge in [-0.25, -0.2) is 0 Å². The van der Waals surface area contributed by atoms with Crippen molar-refractivity contribution in [3.8, 4) is 0 Å². The minimum Gasteiger partial charge on any atom is -0.374 e. The van der Waals surface area contributed by atoms with Gasteiger partial charge in [0.2, 0.25) is 0 Å². The second kappa shape index (κ2) is 6.53. The van der Waals surface area contributed by atoms with Crippen molar-refractivity contribution in [2.45, 2.75) is 59.6 Å². The Labute approximate surface area is 118 Å². The molecule has 1 aromatic rings. The summed E-state index contributed by atoms with van der Waals surface area (Å²) in [5.74, 6) is 0. The Morgan fingerprint density at radius 1 is 1.11 bits per heavy atom. The molecule has 2 heteroatoms. The van der Waals surface area contributed by atoms with Gasteiger partial charge in [0.1, 0.15) is 0 Å². The van der Waals surface area contributed by atoms with Crippen molar-refractivity contribution in [1.82, 2.24) is 5.32 Å². The van der Waals surface area contributed by atoms with Crippen LogP contribution >= 0.6 is 0 Å². The van der Waals surface area contributed by atoms with Crippen molar-refractivity contribution in [3.63, 3.8) is 0 Å². The molecule has 19 heavy (non-hydrogen) atoms. The Hall–Kier alpha value is -0.860. The maximum Gasteiger partial charge on any atom is 0.0629 e. The molecule has 0 aliphatic heterocycles. The van der Waals surface area contributed by atoms with Gasteiger partial charge in [0.25, 0.3) is 0 Å². The predicted molar refractivity (Wildman–Crippen MR) is 82.9 cm³/mol. The normalized spacial score (nSPS) is 13.6. The van der Waals surface area contributed by atoms with E-state index in [1.807, 2.05) is 7.05 Å². The van der Waals surface area contributed by atoms with Crippen molar-refractivity contribution in [2.24, 2.45) is 0 Å². The number of ether oxygens (including phenoxy) is 1. The number of benzene rings is 1. The molecule has 1 N–H and O–H groups in total. The highest BCUT2D eigenvalue weighted by molar-refractivity contribution is 5.38. The van der Waals surface area contributed by atoms with Gasteiger partial charge >= 0.3 is 0 Å². The Balaban J connectivity index is 2.76. The van der Waals surface area contributed by atoms with Crippen LogP contribution < -0.4 is 5.32 Å². The Morgan fingerprint density at radius 3 is 2.05 bits per heavy atom. The van der Waals surface area contributed by atoms with Crippen LogP contribution in [0.25, 0.3) is 0 Å². The molecule has 2 nitrogen and oxygen atoms in total. The van der Waals surface area contributed by atoms with E-state index in [1.54, 1.807) is 0 Å². The molecule has 1 unspecified atom stereocenters. The van der Waals surface area contributed by atoms with Crippen molar-refractivity contribution in [2.75, 3.05) is 13.7 Å². The SMILES string of the molecule is CNC(COC(C)(C)C)Cc1c(C)cc(C)cc1C. The predicted octanol–water partition coefficient (Wildman–Crippen LogP) is 3.56. The molecule has 0 radical (unpaired) electrons. The third kappa shape index (κ3) is 5.33. The summed E-state index contributed by atoms with van der Waals surface area (Å²) in [5, 5.41) is 3.37. The monoisotopic (exact) mass is 263 g/mol. The molecule has 0 saturated heterocycles. The lowest BCUT2D eigenvalue weighted by molar-refractivity contribution is -0.0135. The highest BCUT2D eigenvalue weighted by atomic mass is 16.5. The summed E-state index contributed by atoms with van der Waals surface area (Å²) >= 11 is 0. The lowest BCUT2D eigenvalue weighted by Gasteiger charge is -2.25. The summed E-state index contributed by atoms with van der Waals surface area (Å²) in [6.45, 7) is 13.6. The van der Waals surface area contributed by atoms with Gasteiger partial charge in [-0.1, -0.05) is 17.7 Å². The Morgan fingerprint density at radius 2 is 1.63 bits per heavy atom. The van der Waals surface area contributed by atoms with Crippen molar-refractivity contribution >= 4 is 0 Å².